The first kappa shape index (κ1) is 16.9. The number of nitrogens with zero attached hydrogens (tertiary/aromatic N) is 1. The van der Waals surface area contributed by atoms with Gasteiger partial charge in [-0.15, -0.1) is 0 Å². The van der Waals surface area contributed by atoms with E-state index in [4.69, 9.17) is 4.74 Å². The maximum atomic E-state index is 12.3. The zero-order valence-electron chi connectivity index (χ0n) is 13.2. The second-order valence-corrected chi connectivity index (χ2v) is 8.30. The van der Waals surface area contributed by atoms with Gasteiger partial charge in [-0.1, -0.05) is 18.2 Å². The Morgan fingerprint density at radius 3 is 2.71 bits per heavy atom. The standard InChI is InChI=1S/C16H20N2O5S/c19-14-10-23-16(11-17-14)7-8-18(12-16)15(20)6-9-24(21,22)13-4-2-1-3-5-13/h1-5H,6-12H2,(H,17,19). The molecule has 1 N–H and O–H groups in total. The molecule has 0 aromatic heterocycles. The van der Waals surface area contributed by atoms with E-state index in [-0.39, 0.29) is 35.5 Å². The minimum absolute atomic E-state index is 0.00438. The minimum Gasteiger partial charge on any atom is -0.361 e. The van der Waals surface area contributed by atoms with E-state index in [1.54, 1.807) is 23.1 Å². The quantitative estimate of drug-likeness (QED) is 0.821. The third-order valence-corrected chi connectivity index (χ3v) is 6.21. The molecule has 1 unspecified atom stereocenters. The average Bonchev–Trinajstić information content (AvgIpc) is 3.01. The minimum atomic E-state index is -3.46. The van der Waals surface area contributed by atoms with Gasteiger partial charge in [-0.25, -0.2) is 8.42 Å². The number of carbonyl (C=O) groups excluding carboxylic acids is 2. The van der Waals surface area contributed by atoms with Gasteiger partial charge in [0.2, 0.25) is 11.8 Å². The van der Waals surface area contributed by atoms with Crippen molar-refractivity contribution >= 4 is 21.7 Å². The number of sulfone groups is 1. The predicted molar refractivity (Wildman–Crippen MR) is 86.0 cm³/mol. The number of likely N-dealkylation sites (tertiary alicyclic amines) is 1. The molecule has 2 aliphatic heterocycles. The highest BCUT2D eigenvalue weighted by Gasteiger charge is 2.43. The summed E-state index contributed by atoms with van der Waals surface area (Å²) in [5.74, 6) is -0.567. The van der Waals surface area contributed by atoms with Crippen LogP contribution < -0.4 is 5.32 Å². The van der Waals surface area contributed by atoms with Crippen molar-refractivity contribution < 1.29 is 22.7 Å². The Morgan fingerprint density at radius 2 is 2.04 bits per heavy atom. The van der Waals surface area contributed by atoms with Gasteiger partial charge in [0, 0.05) is 19.5 Å². The molecule has 0 radical (unpaired) electrons. The first-order valence-electron chi connectivity index (χ1n) is 7.87. The molecule has 130 valence electrons. The Morgan fingerprint density at radius 1 is 1.29 bits per heavy atom. The lowest BCUT2D eigenvalue weighted by Gasteiger charge is -2.33. The van der Waals surface area contributed by atoms with Crippen molar-refractivity contribution in [2.45, 2.75) is 23.3 Å². The van der Waals surface area contributed by atoms with Crippen LogP contribution in [0.5, 0.6) is 0 Å². The zero-order valence-corrected chi connectivity index (χ0v) is 14.0. The molecule has 2 saturated heterocycles. The predicted octanol–water partition coefficient (Wildman–Crippen LogP) is -0.0321. The molecule has 0 bridgehead atoms. The van der Waals surface area contributed by atoms with Gasteiger partial charge < -0.3 is 15.0 Å². The summed E-state index contributed by atoms with van der Waals surface area (Å²) >= 11 is 0. The summed E-state index contributed by atoms with van der Waals surface area (Å²) in [4.78, 5) is 25.4. The molecule has 7 nitrogen and oxygen atoms in total. The molecular formula is C16H20N2O5S. The van der Waals surface area contributed by atoms with Crippen LogP contribution in [0.3, 0.4) is 0 Å². The Balaban J connectivity index is 1.56. The Bertz CT molecular complexity index is 722. The molecule has 1 atom stereocenters. The van der Waals surface area contributed by atoms with E-state index in [0.29, 0.717) is 26.1 Å². The van der Waals surface area contributed by atoms with Gasteiger partial charge in [0.15, 0.2) is 9.84 Å². The molecule has 2 amide bonds. The van der Waals surface area contributed by atoms with Crippen molar-refractivity contribution in [2.24, 2.45) is 0 Å². The topological polar surface area (TPSA) is 92.8 Å². The molecule has 2 fully saturated rings. The summed E-state index contributed by atoms with van der Waals surface area (Å²) in [5, 5.41) is 2.75. The Labute approximate surface area is 140 Å². The van der Waals surface area contributed by atoms with E-state index in [1.807, 2.05) is 0 Å². The van der Waals surface area contributed by atoms with Crippen molar-refractivity contribution in [1.29, 1.82) is 0 Å². The third-order valence-electron chi connectivity index (χ3n) is 4.47. The van der Waals surface area contributed by atoms with Gasteiger partial charge in [-0.05, 0) is 18.6 Å². The van der Waals surface area contributed by atoms with Gasteiger partial charge in [-0.2, -0.15) is 0 Å². The SMILES string of the molecule is O=C1COC2(CCN(C(=O)CCS(=O)(=O)c3ccccc3)C2)CN1. The fraction of sp³-hybridized carbons (Fsp3) is 0.500. The lowest BCUT2D eigenvalue weighted by molar-refractivity contribution is -0.143. The normalized spacial score (nSPS) is 24.2. The molecule has 0 saturated carbocycles. The second-order valence-electron chi connectivity index (χ2n) is 6.20. The highest BCUT2D eigenvalue weighted by Crippen LogP contribution is 2.27. The van der Waals surface area contributed by atoms with Gasteiger partial charge in [0.1, 0.15) is 12.2 Å². The first-order chi connectivity index (χ1) is 11.4. The van der Waals surface area contributed by atoms with E-state index in [0.717, 1.165) is 0 Å². The molecule has 0 aliphatic carbocycles. The fourth-order valence-electron chi connectivity index (χ4n) is 3.03. The molecule has 8 heteroatoms. The molecule has 24 heavy (non-hydrogen) atoms. The molecule has 1 spiro atoms. The highest BCUT2D eigenvalue weighted by atomic mass is 32.2. The van der Waals surface area contributed by atoms with Crippen LogP contribution in [-0.4, -0.2) is 62.7 Å². The van der Waals surface area contributed by atoms with Crippen molar-refractivity contribution in [2.75, 3.05) is 32.0 Å². The number of carbonyl (C=O) groups is 2. The Hall–Kier alpha value is -1.93. The van der Waals surface area contributed by atoms with Crippen molar-refractivity contribution in [1.82, 2.24) is 10.2 Å². The number of benzene rings is 1. The van der Waals surface area contributed by atoms with Crippen LogP contribution in [0.25, 0.3) is 0 Å². The van der Waals surface area contributed by atoms with E-state index in [9.17, 15) is 18.0 Å². The maximum absolute atomic E-state index is 12.3. The molecular weight excluding hydrogens is 332 g/mol. The summed E-state index contributed by atoms with van der Waals surface area (Å²) in [6.07, 6.45) is 0.587. The smallest absolute Gasteiger partial charge is 0.246 e. The van der Waals surface area contributed by atoms with Crippen molar-refractivity contribution in [3.63, 3.8) is 0 Å². The highest BCUT2D eigenvalue weighted by molar-refractivity contribution is 7.91. The Kier molecular flexibility index (Phi) is 4.60. The van der Waals surface area contributed by atoms with E-state index in [2.05, 4.69) is 5.32 Å². The number of amides is 2. The van der Waals surface area contributed by atoms with Gasteiger partial charge in [0.25, 0.3) is 0 Å². The van der Waals surface area contributed by atoms with Crippen LogP contribution in [0.2, 0.25) is 0 Å². The van der Waals surface area contributed by atoms with Crippen LogP contribution in [0, 0.1) is 0 Å². The van der Waals surface area contributed by atoms with Crippen LogP contribution in [-0.2, 0) is 24.2 Å². The number of morpholine rings is 1. The number of hydrogen-bond donors (Lipinski definition) is 1. The molecule has 2 heterocycles. The monoisotopic (exact) mass is 352 g/mol. The van der Waals surface area contributed by atoms with Crippen LogP contribution in [0.4, 0.5) is 0 Å². The largest absolute Gasteiger partial charge is 0.361 e. The van der Waals surface area contributed by atoms with Crippen LogP contribution in [0.15, 0.2) is 35.2 Å². The number of ether oxygens (including phenoxy) is 1. The van der Waals surface area contributed by atoms with Crippen molar-refractivity contribution in [3.8, 4) is 0 Å². The number of hydrogen-bond acceptors (Lipinski definition) is 5. The molecule has 3 rings (SSSR count). The lowest BCUT2D eigenvalue weighted by atomic mass is 10.0. The van der Waals surface area contributed by atoms with Crippen LogP contribution >= 0.6 is 0 Å². The molecule has 2 aliphatic rings. The van der Waals surface area contributed by atoms with Gasteiger partial charge in [0.05, 0.1) is 17.2 Å². The summed E-state index contributed by atoms with van der Waals surface area (Å²) in [6, 6.07) is 8.13. The molecule has 1 aromatic rings. The third kappa shape index (κ3) is 3.59. The van der Waals surface area contributed by atoms with E-state index < -0.39 is 15.4 Å². The molecule has 1 aromatic carbocycles. The summed E-state index contributed by atoms with van der Waals surface area (Å²) in [6.45, 7) is 1.29. The second kappa shape index (κ2) is 6.52. The number of rotatable bonds is 4. The summed E-state index contributed by atoms with van der Waals surface area (Å²) < 4.78 is 30.1. The van der Waals surface area contributed by atoms with Crippen molar-refractivity contribution in [3.05, 3.63) is 30.3 Å². The van der Waals surface area contributed by atoms with Gasteiger partial charge >= 0.3 is 0 Å². The first-order valence-corrected chi connectivity index (χ1v) is 9.52. The summed E-state index contributed by atoms with van der Waals surface area (Å²) in [7, 11) is -3.46. The van der Waals surface area contributed by atoms with Gasteiger partial charge in [-0.3, -0.25) is 9.59 Å². The summed E-state index contributed by atoms with van der Waals surface area (Å²) in [5.41, 5.74) is -0.526. The lowest BCUT2D eigenvalue weighted by Crippen LogP contribution is -2.54. The maximum Gasteiger partial charge on any atom is 0.246 e. The fourth-order valence-corrected chi connectivity index (χ4v) is 4.28. The number of nitrogens with one attached hydrogen (secondary N) is 1. The van der Waals surface area contributed by atoms with E-state index >= 15 is 0 Å². The van der Waals surface area contributed by atoms with E-state index in [1.165, 1.54) is 12.1 Å². The van der Waals surface area contributed by atoms with Crippen LogP contribution in [0.1, 0.15) is 12.8 Å². The zero-order chi connectivity index (χ0) is 17.2. The average molecular weight is 352 g/mol.